The van der Waals surface area contributed by atoms with Gasteiger partial charge >= 0.3 is 0 Å². The summed E-state index contributed by atoms with van der Waals surface area (Å²) in [6, 6.07) is 17.2. The Morgan fingerprint density at radius 3 is 2.36 bits per heavy atom. The monoisotopic (exact) mass is 367 g/mol. The van der Waals surface area contributed by atoms with Gasteiger partial charge in [0.2, 0.25) is 0 Å². The van der Waals surface area contributed by atoms with E-state index in [1.54, 1.807) is 18.2 Å². The molecule has 0 radical (unpaired) electrons. The normalized spacial score (nSPS) is 10.5. The van der Waals surface area contributed by atoms with Crippen molar-refractivity contribution in [2.24, 2.45) is 0 Å². The molecule has 3 rings (SSSR count). The molecule has 0 amide bonds. The molecule has 0 aliphatic carbocycles. The van der Waals surface area contributed by atoms with Crippen molar-refractivity contribution in [3.05, 3.63) is 69.7 Å². The van der Waals surface area contributed by atoms with Gasteiger partial charge in [-0.05, 0) is 30.2 Å². The van der Waals surface area contributed by atoms with Gasteiger partial charge in [0.05, 0.1) is 5.69 Å². The summed E-state index contributed by atoms with van der Waals surface area (Å²) < 4.78 is 0. The van der Waals surface area contributed by atoms with Crippen molar-refractivity contribution in [3.8, 4) is 28.5 Å². The van der Waals surface area contributed by atoms with Crippen LogP contribution in [0.4, 0.5) is 5.82 Å². The number of halogens is 2. The van der Waals surface area contributed by atoms with Crippen LogP contribution in [0.25, 0.3) is 22.4 Å². The standard InChI is InChI=1S/C20H15Cl2N3/c1-2-12-3-5-13(6-4-12)19-10-16(17(11-23)20(24)25-19)15-8-7-14(21)9-18(15)22/h3-10H,2H2,1H3,(H2,24,25). The number of hydrogen-bond acceptors (Lipinski definition) is 3. The third-order valence-electron chi connectivity index (χ3n) is 4.04. The summed E-state index contributed by atoms with van der Waals surface area (Å²) in [5.41, 5.74) is 10.6. The van der Waals surface area contributed by atoms with E-state index in [4.69, 9.17) is 28.9 Å². The lowest BCUT2D eigenvalue weighted by molar-refractivity contribution is 1.14. The Kier molecular flexibility index (Phi) is 4.94. The Balaban J connectivity index is 2.20. The second kappa shape index (κ2) is 7.14. The van der Waals surface area contributed by atoms with Crippen molar-refractivity contribution in [2.45, 2.75) is 13.3 Å². The Labute approximate surface area is 156 Å². The molecule has 0 aliphatic heterocycles. The molecule has 0 fully saturated rings. The third kappa shape index (κ3) is 3.46. The molecule has 1 heterocycles. The summed E-state index contributed by atoms with van der Waals surface area (Å²) in [7, 11) is 0. The summed E-state index contributed by atoms with van der Waals surface area (Å²) in [6.07, 6.45) is 0.967. The lowest BCUT2D eigenvalue weighted by Gasteiger charge is -2.12. The molecule has 0 atom stereocenters. The second-order valence-electron chi connectivity index (χ2n) is 5.60. The van der Waals surface area contributed by atoms with E-state index >= 15 is 0 Å². The first kappa shape index (κ1) is 17.3. The number of nitrogens with zero attached hydrogens (tertiary/aromatic N) is 2. The molecule has 0 saturated carbocycles. The van der Waals surface area contributed by atoms with E-state index < -0.39 is 0 Å². The highest BCUT2D eigenvalue weighted by Crippen LogP contribution is 2.36. The minimum Gasteiger partial charge on any atom is -0.383 e. The molecule has 3 nitrogen and oxygen atoms in total. The summed E-state index contributed by atoms with van der Waals surface area (Å²) in [6.45, 7) is 2.10. The first-order valence-electron chi connectivity index (χ1n) is 7.78. The van der Waals surface area contributed by atoms with E-state index in [-0.39, 0.29) is 5.82 Å². The van der Waals surface area contributed by atoms with Crippen LogP contribution in [0.5, 0.6) is 0 Å². The Morgan fingerprint density at radius 2 is 1.76 bits per heavy atom. The summed E-state index contributed by atoms with van der Waals surface area (Å²) >= 11 is 12.3. The van der Waals surface area contributed by atoms with Crippen LogP contribution >= 0.6 is 23.2 Å². The smallest absolute Gasteiger partial charge is 0.142 e. The molecule has 2 aromatic carbocycles. The fourth-order valence-corrected chi connectivity index (χ4v) is 3.17. The van der Waals surface area contributed by atoms with Crippen molar-refractivity contribution >= 4 is 29.0 Å². The van der Waals surface area contributed by atoms with Gasteiger partial charge in [-0.2, -0.15) is 5.26 Å². The van der Waals surface area contributed by atoms with Crippen LogP contribution in [0.1, 0.15) is 18.1 Å². The summed E-state index contributed by atoms with van der Waals surface area (Å²) in [4.78, 5) is 4.39. The van der Waals surface area contributed by atoms with Crippen molar-refractivity contribution < 1.29 is 0 Å². The van der Waals surface area contributed by atoms with Crippen molar-refractivity contribution in [2.75, 3.05) is 5.73 Å². The number of aryl methyl sites for hydroxylation is 1. The number of nitriles is 1. The van der Waals surface area contributed by atoms with Crippen LogP contribution in [0.3, 0.4) is 0 Å². The molecule has 0 saturated heterocycles. The summed E-state index contributed by atoms with van der Waals surface area (Å²) in [5.74, 6) is 0.181. The molecule has 0 spiro atoms. The first-order chi connectivity index (χ1) is 12.0. The van der Waals surface area contributed by atoms with Crippen LogP contribution in [0.15, 0.2) is 48.5 Å². The number of aromatic nitrogens is 1. The maximum Gasteiger partial charge on any atom is 0.142 e. The SMILES string of the molecule is CCc1ccc(-c2cc(-c3ccc(Cl)cc3Cl)c(C#N)c(N)n2)cc1. The van der Waals surface area contributed by atoms with Crippen molar-refractivity contribution in [3.63, 3.8) is 0 Å². The first-order valence-corrected chi connectivity index (χ1v) is 8.54. The molecule has 3 aromatic rings. The van der Waals surface area contributed by atoms with Crippen LogP contribution in [0.2, 0.25) is 10.0 Å². The highest BCUT2D eigenvalue weighted by Gasteiger charge is 2.15. The molecule has 0 aliphatic rings. The van der Waals surface area contributed by atoms with Crippen LogP contribution < -0.4 is 5.73 Å². The van der Waals surface area contributed by atoms with E-state index in [2.05, 4.69) is 30.1 Å². The number of nitrogen functional groups attached to an aromatic ring is 1. The molecular weight excluding hydrogens is 353 g/mol. The number of pyridine rings is 1. The average Bonchev–Trinajstić information content (AvgIpc) is 2.61. The maximum absolute atomic E-state index is 9.50. The van der Waals surface area contributed by atoms with Gasteiger partial charge in [0.25, 0.3) is 0 Å². The lowest BCUT2D eigenvalue weighted by Crippen LogP contribution is -2.00. The molecule has 0 unspecified atom stereocenters. The molecule has 0 bridgehead atoms. The number of benzene rings is 2. The van der Waals surface area contributed by atoms with E-state index in [0.717, 1.165) is 12.0 Å². The second-order valence-corrected chi connectivity index (χ2v) is 6.45. The third-order valence-corrected chi connectivity index (χ3v) is 4.59. The molecule has 2 N–H and O–H groups in total. The molecule has 1 aromatic heterocycles. The minimum atomic E-state index is 0.181. The number of hydrogen-bond donors (Lipinski definition) is 1. The van der Waals surface area contributed by atoms with E-state index in [1.807, 2.05) is 18.2 Å². The fraction of sp³-hybridized carbons (Fsp3) is 0.100. The van der Waals surface area contributed by atoms with Crippen LogP contribution in [-0.4, -0.2) is 4.98 Å². The zero-order valence-electron chi connectivity index (χ0n) is 13.6. The average molecular weight is 368 g/mol. The van der Waals surface area contributed by atoms with E-state index in [9.17, 15) is 5.26 Å². The zero-order chi connectivity index (χ0) is 18.0. The highest BCUT2D eigenvalue weighted by molar-refractivity contribution is 6.36. The largest absolute Gasteiger partial charge is 0.383 e. The van der Waals surface area contributed by atoms with Gasteiger partial charge in [0.15, 0.2) is 0 Å². The van der Waals surface area contributed by atoms with Gasteiger partial charge in [-0.3, -0.25) is 0 Å². The minimum absolute atomic E-state index is 0.181. The predicted octanol–water partition coefficient (Wildman–Crippen LogP) is 5.74. The van der Waals surface area contributed by atoms with Crippen molar-refractivity contribution in [1.29, 1.82) is 5.26 Å². The number of nitrogens with two attached hydrogens (primary N) is 1. The molecule has 5 heteroatoms. The Hall–Kier alpha value is -2.54. The number of rotatable bonds is 3. The molecular formula is C20H15Cl2N3. The molecule has 25 heavy (non-hydrogen) atoms. The molecule has 124 valence electrons. The zero-order valence-corrected chi connectivity index (χ0v) is 15.1. The van der Waals surface area contributed by atoms with Crippen LogP contribution in [-0.2, 0) is 6.42 Å². The summed E-state index contributed by atoms with van der Waals surface area (Å²) in [5, 5.41) is 10.5. The van der Waals surface area contributed by atoms with E-state index in [0.29, 0.717) is 32.4 Å². The maximum atomic E-state index is 9.50. The van der Waals surface area contributed by atoms with Gasteiger partial charge in [0.1, 0.15) is 17.5 Å². The van der Waals surface area contributed by atoms with Gasteiger partial charge in [-0.1, -0.05) is 60.5 Å². The van der Waals surface area contributed by atoms with Crippen LogP contribution in [0, 0.1) is 11.3 Å². The van der Waals surface area contributed by atoms with E-state index in [1.165, 1.54) is 5.56 Å². The highest BCUT2D eigenvalue weighted by atomic mass is 35.5. The fourth-order valence-electron chi connectivity index (χ4n) is 2.66. The topological polar surface area (TPSA) is 62.7 Å². The Bertz CT molecular complexity index is 973. The Morgan fingerprint density at radius 1 is 1.04 bits per heavy atom. The van der Waals surface area contributed by atoms with Gasteiger partial charge in [-0.15, -0.1) is 0 Å². The lowest BCUT2D eigenvalue weighted by atomic mass is 9.98. The number of anilines is 1. The predicted molar refractivity (Wildman–Crippen MR) is 104 cm³/mol. The van der Waals surface area contributed by atoms with Crippen molar-refractivity contribution in [1.82, 2.24) is 4.98 Å². The van der Waals surface area contributed by atoms with Gasteiger partial charge in [-0.25, -0.2) is 4.98 Å². The van der Waals surface area contributed by atoms with Gasteiger partial charge in [0, 0.05) is 26.7 Å². The quantitative estimate of drug-likeness (QED) is 0.641. The van der Waals surface area contributed by atoms with Gasteiger partial charge < -0.3 is 5.73 Å².